The molecule has 0 aromatic rings. The molecule has 0 aromatic heterocycles. The van der Waals surface area contributed by atoms with Crippen LogP contribution in [0.3, 0.4) is 0 Å². The first-order valence-electron chi connectivity index (χ1n) is 7.47. The molecule has 1 heterocycles. The molecule has 1 aliphatic heterocycles. The van der Waals surface area contributed by atoms with E-state index in [2.05, 4.69) is 27.0 Å². The Bertz CT molecular complexity index is 340. The van der Waals surface area contributed by atoms with Crippen molar-refractivity contribution in [1.29, 1.82) is 0 Å². The van der Waals surface area contributed by atoms with E-state index in [9.17, 15) is 4.79 Å². The van der Waals surface area contributed by atoms with Crippen LogP contribution in [0.1, 0.15) is 40.0 Å². The molecule has 0 spiro atoms. The lowest BCUT2D eigenvalue weighted by Gasteiger charge is -2.43. The molecule has 0 amide bonds. The highest BCUT2D eigenvalue weighted by Gasteiger charge is 2.42. The third-order valence-electron chi connectivity index (χ3n) is 4.22. The molecule has 1 saturated heterocycles. The molecule has 0 aliphatic carbocycles. The van der Waals surface area contributed by atoms with Gasteiger partial charge in [-0.2, -0.15) is 0 Å². The fourth-order valence-corrected chi connectivity index (χ4v) is 4.56. The van der Waals surface area contributed by atoms with Gasteiger partial charge in [0, 0.05) is 24.2 Å². The summed E-state index contributed by atoms with van der Waals surface area (Å²) in [5.41, 5.74) is 0.633. The fraction of sp³-hybridized carbons (Fsp3) is 0.800. The smallest absolute Gasteiger partial charge is 0.335 e. The molecular weight excluding hydrogens is 272 g/mol. The van der Waals surface area contributed by atoms with E-state index in [4.69, 9.17) is 13.6 Å². The van der Waals surface area contributed by atoms with E-state index in [1.807, 2.05) is 0 Å². The number of hydrogen-bond donors (Lipinski definition) is 0. The van der Waals surface area contributed by atoms with E-state index in [0.717, 1.165) is 38.5 Å². The summed E-state index contributed by atoms with van der Waals surface area (Å²) in [5, 5.41) is 0. The SMILES string of the molecule is C=C(C)C(=O)OCCC[Si]1(C)OCC(CC)(CC)CO1. The highest BCUT2D eigenvalue weighted by atomic mass is 28.4. The molecule has 4 nitrogen and oxygen atoms in total. The predicted molar refractivity (Wildman–Crippen MR) is 81.7 cm³/mol. The predicted octanol–water partition coefficient (Wildman–Crippen LogP) is 3.42. The third kappa shape index (κ3) is 4.72. The summed E-state index contributed by atoms with van der Waals surface area (Å²) in [6.45, 7) is 13.7. The molecular formula is C15H28O4Si. The van der Waals surface area contributed by atoms with Gasteiger partial charge in [-0.25, -0.2) is 4.79 Å². The molecule has 0 aromatic carbocycles. The van der Waals surface area contributed by atoms with Crippen LogP contribution in [-0.4, -0.2) is 34.4 Å². The number of carbonyl (C=O) groups is 1. The van der Waals surface area contributed by atoms with Crippen LogP contribution in [0.15, 0.2) is 12.2 Å². The molecule has 116 valence electrons. The summed E-state index contributed by atoms with van der Waals surface area (Å²) in [6.07, 6.45) is 2.96. The van der Waals surface area contributed by atoms with E-state index in [-0.39, 0.29) is 11.4 Å². The summed E-state index contributed by atoms with van der Waals surface area (Å²) in [6, 6.07) is 0.861. The maximum atomic E-state index is 11.3. The zero-order chi connectivity index (χ0) is 15.2. The Morgan fingerprint density at radius 2 is 1.85 bits per heavy atom. The van der Waals surface area contributed by atoms with Gasteiger partial charge in [-0.15, -0.1) is 0 Å². The highest BCUT2D eigenvalue weighted by molar-refractivity contribution is 6.66. The first kappa shape index (κ1) is 17.4. The van der Waals surface area contributed by atoms with Gasteiger partial charge in [0.05, 0.1) is 6.61 Å². The average Bonchev–Trinajstić information content (AvgIpc) is 2.45. The van der Waals surface area contributed by atoms with Crippen LogP contribution in [0, 0.1) is 5.41 Å². The van der Waals surface area contributed by atoms with E-state index >= 15 is 0 Å². The number of rotatable bonds is 7. The standard InChI is InChI=1S/C15H28O4Si/c1-6-15(7-2)11-18-20(5,19-12-15)10-8-9-17-14(16)13(3)4/h3,6-12H2,1-2,4-5H3. The minimum Gasteiger partial charge on any atom is -0.462 e. The van der Waals surface area contributed by atoms with Crippen molar-refractivity contribution >= 4 is 14.5 Å². The van der Waals surface area contributed by atoms with Gasteiger partial charge in [0.15, 0.2) is 0 Å². The van der Waals surface area contributed by atoms with Crippen LogP contribution in [0.4, 0.5) is 0 Å². The second kappa shape index (κ2) is 7.38. The lowest BCUT2D eigenvalue weighted by Crippen LogP contribution is -2.51. The largest absolute Gasteiger partial charge is 0.462 e. The Labute approximate surface area is 123 Å². The molecule has 0 bridgehead atoms. The minimum atomic E-state index is -2.07. The molecule has 1 aliphatic rings. The van der Waals surface area contributed by atoms with Crippen LogP contribution < -0.4 is 0 Å². The molecule has 0 saturated carbocycles. The van der Waals surface area contributed by atoms with Crippen LogP contribution >= 0.6 is 0 Å². The Balaban J connectivity index is 2.31. The first-order valence-corrected chi connectivity index (χ1v) is 9.99. The Morgan fingerprint density at radius 1 is 1.30 bits per heavy atom. The first-order chi connectivity index (χ1) is 9.36. The van der Waals surface area contributed by atoms with Gasteiger partial charge in [-0.05, 0) is 38.8 Å². The third-order valence-corrected chi connectivity index (χ3v) is 7.00. The fourth-order valence-electron chi connectivity index (χ4n) is 2.18. The second-order valence-electron chi connectivity index (χ2n) is 5.94. The molecule has 5 heteroatoms. The van der Waals surface area contributed by atoms with Crippen LogP contribution in [0.2, 0.25) is 12.6 Å². The van der Waals surface area contributed by atoms with E-state index in [1.165, 1.54) is 0 Å². The maximum Gasteiger partial charge on any atom is 0.335 e. The topological polar surface area (TPSA) is 44.8 Å². The van der Waals surface area contributed by atoms with E-state index in [1.54, 1.807) is 6.92 Å². The molecule has 20 heavy (non-hydrogen) atoms. The molecule has 1 rings (SSSR count). The number of carbonyl (C=O) groups excluding carboxylic acids is 1. The van der Waals surface area contributed by atoms with Crippen LogP contribution in [0.5, 0.6) is 0 Å². The number of hydrogen-bond acceptors (Lipinski definition) is 4. The van der Waals surface area contributed by atoms with Crippen molar-refractivity contribution in [2.45, 2.75) is 52.6 Å². The normalized spacial score (nSPS) is 20.4. The van der Waals surface area contributed by atoms with Crippen LogP contribution in [-0.2, 0) is 18.4 Å². The zero-order valence-corrected chi connectivity index (χ0v) is 14.3. The van der Waals surface area contributed by atoms with Crippen molar-refractivity contribution in [1.82, 2.24) is 0 Å². The van der Waals surface area contributed by atoms with Crippen molar-refractivity contribution in [3.63, 3.8) is 0 Å². The molecule has 0 atom stereocenters. The van der Waals surface area contributed by atoms with Crippen molar-refractivity contribution in [3.8, 4) is 0 Å². The van der Waals surface area contributed by atoms with Gasteiger partial charge in [0.25, 0.3) is 0 Å². The van der Waals surface area contributed by atoms with Crippen molar-refractivity contribution in [2.24, 2.45) is 5.41 Å². The van der Waals surface area contributed by atoms with Crippen molar-refractivity contribution in [3.05, 3.63) is 12.2 Å². The summed E-state index contributed by atoms with van der Waals surface area (Å²) >= 11 is 0. The molecule has 0 radical (unpaired) electrons. The Hall–Kier alpha value is -0.653. The van der Waals surface area contributed by atoms with Crippen molar-refractivity contribution in [2.75, 3.05) is 19.8 Å². The van der Waals surface area contributed by atoms with Crippen LogP contribution in [0.25, 0.3) is 0 Å². The second-order valence-corrected chi connectivity index (χ2v) is 9.28. The van der Waals surface area contributed by atoms with Gasteiger partial charge in [-0.1, -0.05) is 20.4 Å². The van der Waals surface area contributed by atoms with Gasteiger partial charge >= 0.3 is 14.5 Å². The Morgan fingerprint density at radius 3 is 2.30 bits per heavy atom. The van der Waals surface area contributed by atoms with Gasteiger partial charge in [-0.3, -0.25) is 0 Å². The van der Waals surface area contributed by atoms with E-state index in [0.29, 0.717) is 12.2 Å². The lowest BCUT2D eigenvalue weighted by atomic mass is 9.84. The monoisotopic (exact) mass is 300 g/mol. The highest BCUT2D eigenvalue weighted by Crippen LogP contribution is 2.35. The quantitative estimate of drug-likeness (QED) is 0.313. The van der Waals surface area contributed by atoms with Gasteiger partial charge < -0.3 is 13.6 Å². The zero-order valence-electron chi connectivity index (χ0n) is 13.3. The van der Waals surface area contributed by atoms with E-state index < -0.39 is 8.56 Å². The maximum absolute atomic E-state index is 11.3. The summed E-state index contributed by atoms with van der Waals surface area (Å²) in [4.78, 5) is 11.3. The molecule has 0 N–H and O–H groups in total. The number of ether oxygens (including phenoxy) is 1. The summed E-state index contributed by atoms with van der Waals surface area (Å²) in [7, 11) is -2.07. The number of esters is 1. The molecule has 1 fully saturated rings. The van der Waals surface area contributed by atoms with Gasteiger partial charge in [0.2, 0.25) is 0 Å². The minimum absolute atomic E-state index is 0.193. The summed E-state index contributed by atoms with van der Waals surface area (Å²) in [5.74, 6) is -0.321. The molecule has 0 unspecified atom stereocenters. The van der Waals surface area contributed by atoms with Gasteiger partial charge in [0.1, 0.15) is 0 Å². The lowest BCUT2D eigenvalue weighted by molar-refractivity contribution is -0.139. The summed E-state index contributed by atoms with van der Waals surface area (Å²) < 4.78 is 17.2. The van der Waals surface area contributed by atoms with Crippen molar-refractivity contribution < 1.29 is 18.4 Å². The Kier molecular flexibility index (Phi) is 6.42. The average molecular weight is 300 g/mol.